The Balaban J connectivity index is 0.718. The fourth-order valence-electron chi connectivity index (χ4n) is 16.4. The standard InChI is InChI=1S/C102H134N16O10/c103-57-51-97(123)113-67-9-7-65-111(85-31-15-77(16-32-85)73-79-19-39-89(40-20-79)115(99(125)53-59-105)69-11-13-71-117(101(127)55-61-107)91-43-27-83(28-44-91)75-81-23-35-87(113)36-24-81)95(121)49-47-93(119)109-63-5-3-1-2-4-6-64-110-94(120)48-50-96(122)112-66-8-10-68-114(98(124)52-58-104)88-37-25-82(26-38-88)76-84-29-45-92(46-30-84)118(102(128)56-62-108)72-14-12-70-116(100(126)54-60-106)90-41-21-80(22-42-90)74-78-17-33-86(112)34-18-78/h15-46H,1-14,47-76,103-108H2,(H,109,119)(H,110,120). The number of rotatable bonds is 27. The van der Waals surface area contributed by atoms with Crippen LogP contribution in [0.1, 0.15) is 199 Å². The van der Waals surface area contributed by atoms with E-state index in [0.717, 1.165) is 117 Å². The van der Waals surface area contributed by atoms with Gasteiger partial charge >= 0.3 is 0 Å². The fourth-order valence-corrected chi connectivity index (χ4v) is 16.4. The molecule has 26 heteroatoms. The molecule has 8 amide bonds. The van der Waals surface area contributed by atoms with Crippen LogP contribution in [-0.4, -0.2) is 174 Å². The van der Waals surface area contributed by atoms with Crippen LogP contribution < -0.4 is 73.6 Å². The molecule has 8 aromatic rings. The number of nitrogens with zero attached hydrogens (tertiary/aromatic N) is 10. The van der Waals surface area contributed by atoms with Crippen LogP contribution in [0.3, 0.4) is 0 Å². The van der Waals surface area contributed by atoms with Gasteiger partial charge in [-0.25, -0.2) is 0 Å². The van der Waals surface area contributed by atoms with Crippen LogP contribution >= 0.6 is 0 Å². The average Bonchev–Trinajstić information content (AvgIpc) is 0.846. The average molecular weight is 1740 g/mol. The van der Waals surface area contributed by atoms with Crippen LogP contribution in [0.25, 0.3) is 0 Å². The van der Waals surface area contributed by atoms with E-state index in [1.54, 1.807) is 39.2 Å². The fraction of sp³-hybridized carbons (Fsp3) is 0.431. The van der Waals surface area contributed by atoms with E-state index in [9.17, 15) is 48.6 Å². The Morgan fingerprint density at radius 3 is 0.500 bits per heavy atom. The Labute approximate surface area is 755 Å². The molecule has 22 rings (SSSR count). The van der Waals surface area contributed by atoms with Crippen molar-refractivity contribution < 1.29 is 48.6 Å². The van der Waals surface area contributed by atoms with Gasteiger partial charge in [-0.05, 0) is 231 Å². The van der Waals surface area contributed by atoms with Crippen molar-refractivity contribution >= 4 is 105 Å². The summed E-state index contributed by atoms with van der Waals surface area (Å²) >= 11 is 0. The van der Waals surface area contributed by atoms with E-state index in [0.29, 0.717) is 154 Å². The number of aliphatic hydroxyl groups is 2. The van der Waals surface area contributed by atoms with Crippen molar-refractivity contribution in [3.8, 4) is 0 Å². The van der Waals surface area contributed by atoms with Crippen molar-refractivity contribution in [3.05, 3.63) is 239 Å². The van der Waals surface area contributed by atoms with E-state index in [1.165, 1.54) is 0 Å². The lowest BCUT2D eigenvalue weighted by Gasteiger charge is -2.26. The summed E-state index contributed by atoms with van der Waals surface area (Å²) in [7, 11) is 0. The van der Waals surface area contributed by atoms with Gasteiger partial charge in [-0.15, -0.1) is 0 Å². The Kier molecular flexibility index (Phi) is 40.8. The molecule has 8 aromatic carbocycles. The molecule has 0 saturated heterocycles. The molecule has 0 unspecified atom stereocenters. The summed E-state index contributed by atoms with van der Waals surface area (Å²) in [5.41, 5.74) is 49.7. The summed E-state index contributed by atoms with van der Waals surface area (Å²) in [6.07, 6.45) is 13.9. The molecule has 14 heterocycles. The van der Waals surface area contributed by atoms with Crippen LogP contribution in [0, 0.1) is 0 Å². The molecule has 682 valence electrons. The van der Waals surface area contributed by atoms with Crippen molar-refractivity contribution in [1.29, 1.82) is 0 Å². The summed E-state index contributed by atoms with van der Waals surface area (Å²) in [5.74, 6) is -0.953. The second-order valence-electron chi connectivity index (χ2n) is 33.2. The predicted molar refractivity (Wildman–Crippen MR) is 517 cm³/mol. The van der Waals surface area contributed by atoms with Crippen molar-refractivity contribution in [2.45, 2.75) is 180 Å². The van der Waals surface area contributed by atoms with E-state index < -0.39 is 0 Å². The van der Waals surface area contributed by atoms with Crippen LogP contribution in [0.4, 0.5) is 45.5 Å². The minimum absolute atomic E-state index is 0.0299. The zero-order chi connectivity index (χ0) is 90.8. The summed E-state index contributed by atoms with van der Waals surface area (Å²) < 4.78 is 0. The third-order valence-corrected chi connectivity index (χ3v) is 23.5. The molecule has 14 aliphatic heterocycles. The van der Waals surface area contributed by atoms with Gasteiger partial charge in [0.15, 0.2) is 11.8 Å². The first-order valence-electron chi connectivity index (χ1n) is 46.2. The number of anilines is 8. The molecule has 0 radical (unpaired) electrons. The second-order valence-corrected chi connectivity index (χ2v) is 33.2. The van der Waals surface area contributed by atoms with Gasteiger partial charge in [0, 0.05) is 214 Å². The first-order chi connectivity index (χ1) is 62.3. The maximum absolute atomic E-state index is 14.4. The predicted octanol–water partition coefficient (Wildman–Crippen LogP) is 13.9. The molecular weight excluding hydrogens is 1610 g/mol. The molecule has 14 N–H and O–H groups in total. The Morgan fingerprint density at radius 1 is 0.211 bits per heavy atom. The van der Waals surface area contributed by atoms with E-state index in [2.05, 4.69) is 9.98 Å². The molecule has 0 atom stereocenters. The highest BCUT2D eigenvalue weighted by Gasteiger charge is 2.26. The van der Waals surface area contributed by atoms with Crippen LogP contribution in [-0.2, 0) is 64.0 Å². The Morgan fingerprint density at radius 2 is 0.352 bits per heavy atom. The minimum Gasteiger partial charge on any atom is -0.497 e. The number of hydrogen-bond donors (Lipinski definition) is 8. The zero-order valence-electron chi connectivity index (χ0n) is 74.7. The number of aliphatic imine (C=N–C) groups is 2. The topological polar surface area (TPSA) is 384 Å². The lowest BCUT2D eigenvalue weighted by molar-refractivity contribution is -0.119. The van der Waals surface area contributed by atoms with Gasteiger partial charge in [-0.2, -0.15) is 0 Å². The van der Waals surface area contributed by atoms with Gasteiger partial charge < -0.3 is 83.8 Å². The Bertz CT molecular complexity index is 4550. The molecule has 0 spiro atoms. The van der Waals surface area contributed by atoms with Crippen molar-refractivity contribution in [1.82, 2.24) is 0 Å². The van der Waals surface area contributed by atoms with Gasteiger partial charge in [-0.1, -0.05) is 123 Å². The van der Waals surface area contributed by atoms with Crippen molar-refractivity contribution in [2.24, 2.45) is 44.4 Å². The van der Waals surface area contributed by atoms with Gasteiger partial charge in [0.25, 0.3) is 0 Å². The lowest BCUT2D eigenvalue weighted by atomic mass is 10.0. The summed E-state index contributed by atoms with van der Waals surface area (Å²) in [6.45, 7) is 5.48. The first kappa shape index (κ1) is 98.4. The molecule has 0 fully saturated rings. The van der Waals surface area contributed by atoms with Gasteiger partial charge in [-0.3, -0.25) is 48.3 Å². The monoisotopic (exact) mass is 1740 g/mol. The number of amides is 8. The number of aliphatic hydroxyl groups excluding tert-OH is 2. The number of carbonyl (C=O) groups is 8. The maximum atomic E-state index is 14.4. The van der Waals surface area contributed by atoms with E-state index in [-0.39, 0.29) is 163 Å². The molecule has 128 heavy (non-hydrogen) atoms. The molecule has 16 bridgehead atoms. The molecule has 26 nitrogen and oxygen atoms in total. The van der Waals surface area contributed by atoms with Crippen molar-refractivity contribution in [3.63, 3.8) is 0 Å². The summed E-state index contributed by atoms with van der Waals surface area (Å²) in [6, 6.07) is 63.6. The van der Waals surface area contributed by atoms with Gasteiger partial charge in [0.1, 0.15) is 0 Å². The number of unbranched alkanes of at least 4 members (excludes halogenated alkanes) is 5. The number of benzene rings is 8. The molecule has 0 saturated carbocycles. The number of hydrogen-bond acceptors (Lipinski definition) is 16. The van der Waals surface area contributed by atoms with Crippen molar-refractivity contribution in [2.75, 3.05) is 144 Å². The SMILES string of the molecule is NCCC(=O)N1CCCCN(C(=O)CCN)c2ccc(cc2)Cc2ccc(cc2)N(C(=O)CCC(O)=NCCCCCCCCN=C(O)CCC(=O)N2CCCCN(C(=O)CCN)c3ccc(cc3)Cc3ccc(cc3)N(C(=O)CCN)CCCCN(C(=O)CCN)c3ccc(cc3)Cc3ccc2cc3)CCCCN(C(=O)CCN)c2ccc(cc2)Cc2ccc1cc2. The van der Waals surface area contributed by atoms with E-state index in [1.807, 2.05) is 194 Å². The molecule has 0 aliphatic carbocycles. The quantitative estimate of drug-likeness (QED) is 0.0135. The minimum atomic E-state index is -0.169. The van der Waals surface area contributed by atoms with Crippen LogP contribution in [0.2, 0.25) is 0 Å². The Hall–Kier alpha value is -11.8. The smallest absolute Gasteiger partial charge is 0.228 e. The molecular formula is C102H134N16O10. The number of nitrogens with two attached hydrogens (primary N) is 6. The second kappa shape index (κ2) is 53.1. The molecule has 14 aliphatic rings. The molecule has 0 aromatic heterocycles. The van der Waals surface area contributed by atoms with E-state index >= 15 is 0 Å². The third-order valence-electron chi connectivity index (χ3n) is 23.5. The third kappa shape index (κ3) is 31.0. The van der Waals surface area contributed by atoms with E-state index in [4.69, 9.17) is 34.4 Å². The summed E-state index contributed by atoms with van der Waals surface area (Å²) in [4.78, 5) is 133. The first-order valence-corrected chi connectivity index (χ1v) is 46.2. The maximum Gasteiger partial charge on any atom is 0.228 e. The highest BCUT2D eigenvalue weighted by atomic mass is 16.3. The van der Waals surface area contributed by atoms with Gasteiger partial charge in [0.2, 0.25) is 47.3 Å². The lowest BCUT2D eigenvalue weighted by Crippen LogP contribution is -2.35. The highest BCUT2D eigenvalue weighted by Crippen LogP contribution is 2.30. The summed E-state index contributed by atoms with van der Waals surface area (Å²) in [5, 5.41) is 22.1. The largest absolute Gasteiger partial charge is 0.497 e. The van der Waals surface area contributed by atoms with Gasteiger partial charge in [0.05, 0.1) is 0 Å². The van der Waals surface area contributed by atoms with Crippen LogP contribution in [0.15, 0.2) is 204 Å². The van der Waals surface area contributed by atoms with Crippen LogP contribution in [0.5, 0.6) is 0 Å². The number of carbonyl (C=O) groups excluding carboxylic acids is 8. The normalized spacial score (nSPS) is 14.7. The zero-order valence-corrected chi connectivity index (χ0v) is 74.7. The highest BCUT2D eigenvalue weighted by molar-refractivity contribution is 5.99.